The first-order valence-electron chi connectivity index (χ1n) is 17.2. The third-order valence-electron chi connectivity index (χ3n) is 9.65. The number of carbonyl (C=O) groups excluding carboxylic acids is 1. The van der Waals surface area contributed by atoms with Crippen LogP contribution >= 0.6 is 0 Å². The number of halogens is 6. The van der Waals surface area contributed by atoms with E-state index in [2.05, 4.69) is 9.97 Å². The summed E-state index contributed by atoms with van der Waals surface area (Å²) < 4.78 is 81.6. The standard InChI is InChI=1S/C44H29F6N3O/c45-43(46,47)38-7-3-1-5-36(38)32-18-19-40(51-25-32)30-15-13-29(14-16-30)34-21-33(22-35(23-34)53-26-42(53)54)28-11-9-27(10-12-28)31-17-20-41(52-24-31)37-6-2-4-8-39(37)44(48,49)50/h1-2,4-6,8-25H,3,7,26H2. The van der Waals surface area contributed by atoms with Crippen molar-refractivity contribution >= 4 is 17.2 Å². The summed E-state index contributed by atoms with van der Waals surface area (Å²) in [6.45, 7) is 0.329. The molecule has 1 saturated heterocycles. The third kappa shape index (κ3) is 7.07. The van der Waals surface area contributed by atoms with E-state index in [9.17, 15) is 31.1 Å². The molecule has 1 amide bonds. The molecule has 1 aliphatic heterocycles. The van der Waals surface area contributed by atoms with E-state index in [1.807, 2.05) is 66.7 Å². The number of rotatable bonds is 7. The van der Waals surface area contributed by atoms with Crippen molar-refractivity contribution in [2.45, 2.75) is 25.2 Å². The lowest BCUT2D eigenvalue weighted by molar-refractivity contribution is -0.137. The molecular weight excluding hydrogens is 700 g/mol. The molecular formula is C44H29F6N3O. The van der Waals surface area contributed by atoms with Crippen LogP contribution in [0.2, 0.25) is 0 Å². The highest BCUT2D eigenvalue weighted by molar-refractivity contribution is 6.12. The Hall–Kier alpha value is -6.29. The van der Waals surface area contributed by atoms with Gasteiger partial charge in [-0.15, -0.1) is 0 Å². The van der Waals surface area contributed by atoms with E-state index in [0.29, 0.717) is 24.2 Å². The zero-order valence-corrected chi connectivity index (χ0v) is 28.4. The second-order valence-corrected chi connectivity index (χ2v) is 13.1. The van der Waals surface area contributed by atoms with E-state index in [1.54, 1.807) is 47.5 Å². The van der Waals surface area contributed by atoms with Gasteiger partial charge in [-0.25, -0.2) is 0 Å². The monoisotopic (exact) mass is 729 g/mol. The van der Waals surface area contributed by atoms with Gasteiger partial charge in [-0.3, -0.25) is 14.8 Å². The summed E-state index contributed by atoms with van der Waals surface area (Å²) in [5.74, 6) is 0.0222. The highest BCUT2D eigenvalue weighted by Gasteiger charge is 2.36. The molecule has 0 atom stereocenters. The Balaban J connectivity index is 1.04. The minimum absolute atomic E-state index is 0.0178. The van der Waals surface area contributed by atoms with E-state index in [0.717, 1.165) is 50.7 Å². The van der Waals surface area contributed by atoms with Crippen LogP contribution in [-0.4, -0.2) is 28.6 Å². The van der Waals surface area contributed by atoms with Gasteiger partial charge in [-0.1, -0.05) is 91.0 Å². The fraction of sp³-hybridized carbons (Fsp3) is 0.114. The van der Waals surface area contributed by atoms with Gasteiger partial charge in [-0.05, 0) is 82.6 Å². The average Bonchev–Trinajstić information content (AvgIpc) is 3.93. The van der Waals surface area contributed by atoms with E-state index < -0.39 is 23.5 Å². The molecule has 0 saturated carbocycles. The Morgan fingerprint density at radius 3 is 1.65 bits per heavy atom. The minimum Gasteiger partial charge on any atom is -0.301 e. The van der Waals surface area contributed by atoms with Crippen molar-refractivity contribution in [3.63, 3.8) is 0 Å². The molecule has 3 heterocycles. The number of hydrogen-bond donors (Lipinski definition) is 0. The Labute approximate surface area is 306 Å². The van der Waals surface area contributed by atoms with Crippen LogP contribution in [-0.2, 0) is 11.0 Å². The van der Waals surface area contributed by atoms with E-state index in [-0.39, 0.29) is 29.2 Å². The fourth-order valence-electron chi connectivity index (χ4n) is 6.75. The number of amides is 1. The molecule has 268 valence electrons. The average molecular weight is 730 g/mol. The second-order valence-electron chi connectivity index (χ2n) is 13.1. The molecule has 0 bridgehead atoms. The first-order valence-corrected chi connectivity index (χ1v) is 17.2. The smallest absolute Gasteiger partial charge is 0.301 e. The minimum atomic E-state index is -4.50. The quantitative estimate of drug-likeness (QED) is 0.121. The third-order valence-corrected chi connectivity index (χ3v) is 9.65. The highest BCUT2D eigenvalue weighted by Crippen LogP contribution is 2.40. The number of anilines is 1. The molecule has 1 aliphatic carbocycles. The number of pyridine rings is 2. The van der Waals surface area contributed by atoms with Crippen LogP contribution in [0.15, 0.2) is 145 Å². The Morgan fingerprint density at radius 2 is 1.09 bits per heavy atom. The van der Waals surface area contributed by atoms with Crippen LogP contribution in [0.5, 0.6) is 0 Å². The Bertz CT molecular complexity index is 2430. The van der Waals surface area contributed by atoms with Gasteiger partial charge < -0.3 is 4.90 Å². The summed E-state index contributed by atoms with van der Waals surface area (Å²) in [4.78, 5) is 22.7. The molecule has 54 heavy (non-hydrogen) atoms. The van der Waals surface area contributed by atoms with Crippen molar-refractivity contribution in [3.8, 4) is 55.9 Å². The Kier molecular flexibility index (Phi) is 8.76. The maximum atomic E-state index is 13.6. The molecule has 1 fully saturated rings. The number of benzene rings is 4. The second kappa shape index (κ2) is 13.6. The summed E-state index contributed by atoms with van der Waals surface area (Å²) in [5.41, 5.74) is 6.89. The van der Waals surface area contributed by atoms with Gasteiger partial charge in [0.1, 0.15) is 6.54 Å². The SMILES string of the molecule is O=C1CN1c1cc(-c2ccc(-c3ccc(-c4ccccc4C(F)(F)F)nc3)cc2)cc(-c2ccc(-c3ccc(C4=C(C(F)(F)F)CCC=C4)cn3)cc2)c1. The van der Waals surface area contributed by atoms with Gasteiger partial charge >= 0.3 is 12.4 Å². The maximum absolute atomic E-state index is 13.6. The van der Waals surface area contributed by atoms with Crippen LogP contribution in [0.3, 0.4) is 0 Å². The van der Waals surface area contributed by atoms with Gasteiger partial charge in [0.05, 0.1) is 17.0 Å². The first kappa shape index (κ1) is 34.8. The highest BCUT2D eigenvalue weighted by atomic mass is 19.4. The normalized spacial score (nSPS) is 14.5. The Morgan fingerprint density at radius 1 is 0.556 bits per heavy atom. The molecule has 2 aromatic heterocycles. The molecule has 4 nitrogen and oxygen atoms in total. The summed E-state index contributed by atoms with van der Waals surface area (Å²) in [6.07, 6.45) is -2.29. The predicted octanol–water partition coefficient (Wildman–Crippen LogP) is 11.8. The number of aromatic nitrogens is 2. The summed E-state index contributed by atoms with van der Waals surface area (Å²) in [7, 11) is 0. The van der Waals surface area contributed by atoms with Gasteiger partial charge in [0.25, 0.3) is 0 Å². The molecule has 6 aromatic rings. The summed E-state index contributed by atoms with van der Waals surface area (Å²) >= 11 is 0. The van der Waals surface area contributed by atoms with Crippen LogP contribution in [0, 0.1) is 0 Å². The van der Waals surface area contributed by atoms with Gasteiger partial charge in [0, 0.05) is 45.9 Å². The molecule has 2 aliphatic rings. The number of alkyl halides is 6. The maximum Gasteiger partial charge on any atom is 0.417 e. The predicted molar refractivity (Wildman–Crippen MR) is 198 cm³/mol. The van der Waals surface area contributed by atoms with E-state index in [1.165, 1.54) is 24.4 Å². The van der Waals surface area contributed by atoms with Crippen molar-refractivity contribution in [2.24, 2.45) is 0 Å². The van der Waals surface area contributed by atoms with E-state index in [4.69, 9.17) is 0 Å². The number of carbonyl (C=O) groups is 1. The van der Waals surface area contributed by atoms with Crippen molar-refractivity contribution in [2.75, 3.05) is 11.4 Å². The topological polar surface area (TPSA) is 45.9 Å². The molecule has 10 heteroatoms. The fourth-order valence-corrected chi connectivity index (χ4v) is 6.75. The molecule has 4 aromatic carbocycles. The summed E-state index contributed by atoms with van der Waals surface area (Å²) in [5, 5.41) is 0. The molecule has 0 unspecified atom stereocenters. The van der Waals surface area contributed by atoms with Crippen LogP contribution < -0.4 is 4.90 Å². The van der Waals surface area contributed by atoms with Gasteiger partial charge in [0.15, 0.2) is 0 Å². The van der Waals surface area contributed by atoms with Gasteiger partial charge in [-0.2, -0.15) is 26.3 Å². The van der Waals surface area contributed by atoms with Crippen molar-refractivity contribution in [1.82, 2.24) is 9.97 Å². The number of allylic oxidation sites excluding steroid dienone is 4. The van der Waals surface area contributed by atoms with Crippen molar-refractivity contribution < 1.29 is 31.1 Å². The van der Waals surface area contributed by atoms with Crippen molar-refractivity contribution in [1.29, 1.82) is 0 Å². The number of nitrogens with zero attached hydrogens (tertiary/aromatic N) is 3. The van der Waals surface area contributed by atoms with Crippen LogP contribution in [0.25, 0.3) is 61.5 Å². The lowest BCUT2D eigenvalue weighted by Gasteiger charge is -2.19. The lowest BCUT2D eigenvalue weighted by atomic mass is 9.92. The van der Waals surface area contributed by atoms with Crippen LogP contribution in [0.1, 0.15) is 24.0 Å². The number of hydrogen-bond acceptors (Lipinski definition) is 3. The molecule has 8 rings (SSSR count). The van der Waals surface area contributed by atoms with Crippen molar-refractivity contribution in [3.05, 3.63) is 157 Å². The zero-order valence-electron chi connectivity index (χ0n) is 28.4. The zero-order chi connectivity index (χ0) is 37.6. The van der Waals surface area contributed by atoms with E-state index >= 15 is 0 Å². The largest absolute Gasteiger partial charge is 0.417 e. The first-order chi connectivity index (χ1) is 25.9. The molecule has 0 spiro atoms. The molecule has 0 radical (unpaired) electrons. The van der Waals surface area contributed by atoms with Gasteiger partial charge in [0.2, 0.25) is 5.91 Å². The van der Waals surface area contributed by atoms with Crippen LogP contribution in [0.4, 0.5) is 32.0 Å². The summed E-state index contributed by atoms with van der Waals surface area (Å²) in [6, 6.07) is 33.5. The molecule has 0 N–H and O–H groups in total. The lowest BCUT2D eigenvalue weighted by Crippen LogP contribution is -2.15.